The summed E-state index contributed by atoms with van der Waals surface area (Å²) in [5, 5.41) is 3.10. The molecule has 178 valence electrons. The standard InChI is InChI=1S/C28H37FN2O2/c1-6-7-16-24-22(26(32)30-21-13-9-12-20(18-21)28(3,4)5)14-10-17-31(24)27(33)25-19(2)11-8-15-23(25)29/h8-9,11-13,15,18,22,24H,6-7,10,14,16-17H2,1-5H3,(H,30,32)/t22?,24-/m0/s1. The monoisotopic (exact) mass is 452 g/mol. The molecule has 1 N–H and O–H groups in total. The molecular weight excluding hydrogens is 415 g/mol. The Labute approximate surface area is 197 Å². The fourth-order valence-corrected chi connectivity index (χ4v) is 4.73. The molecule has 0 bridgehead atoms. The van der Waals surface area contributed by atoms with E-state index < -0.39 is 5.82 Å². The number of piperidine rings is 1. The van der Waals surface area contributed by atoms with Gasteiger partial charge in [-0.3, -0.25) is 9.59 Å². The lowest BCUT2D eigenvalue weighted by molar-refractivity contribution is -0.123. The van der Waals surface area contributed by atoms with Crippen molar-refractivity contribution in [2.45, 2.75) is 78.2 Å². The zero-order chi connectivity index (χ0) is 24.2. The first-order valence-corrected chi connectivity index (χ1v) is 12.1. The average molecular weight is 453 g/mol. The largest absolute Gasteiger partial charge is 0.335 e. The minimum Gasteiger partial charge on any atom is -0.335 e. The molecule has 0 aliphatic carbocycles. The van der Waals surface area contributed by atoms with Gasteiger partial charge in [0.2, 0.25) is 5.91 Å². The minimum atomic E-state index is -0.500. The first kappa shape index (κ1) is 24.9. The van der Waals surface area contributed by atoms with Crippen molar-refractivity contribution in [2.75, 3.05) is 11.9 Å². The summed E-state index contributed by atoms with van der Waals surface area (Å²) in [6.07, 6.45) is 4.06. The van der Waals surface area contributed by atoms with E-state index in [4.69, 9.17) is 0 Å². The Kier molecular flexibility index (Phi) is 7.93. The van der Waals surface area contributed by atoms with Crippen molar-refractivity contribution in [3.63, 3.8) is 0 Å². The van der Waals surface area contributed by atoms with Crippen LogP contribution in [0.5, 0.6) is 0 Å². The predicted molar refractivity (Wildman–Crippen MR) is 132 cm³/mol. The second-order valence-corrected chi connectivity index (χ2v) is 10.2. The topological polar surface area (TPSA) is 49.4 Å². The molecular formula is C28H37FN2O2. The van der Waals surface area contributed by atoms with Crippen LogP contribution in [-0.4, -0.2) is 29.3 Å². The summed E-state index contributed by atoms with van der Waals surface area (Å²) in [6, 6.07) is 12.4. The van der Waals surface area contributed by atoms with E-state index in [1.165, 1.54) is 6.07 Å². The van der Waals surface area contributed by atoms with Crippen LogP contribution in [0.1, 0.15) is 81.3 Å². The molecule has 0 radical (unpaired) electrons. The number of carbonyl (C=O) groups excluding carboxylic acids is 2. The number of benzene rings is 2. The quantitative estimate of drug-likeness (QED) is 0.545. The van der Waals surface area contributed by atoms with E-state index >= 15 is 0 Å². The van der Waals surface area contributed by atoms with Crippen molar-refractivity contribution in [2.24, 2.45) is 5.92 Å². The second-order valence-electron chi connectivity index (χ2n) is 10.2. The molecule has 1 fully saturated rings. The minimum absolute atomic E-state index is 0.0178. The van der Waals surface area contributed by atoms with Crippen molar-refractivity contribution in [3.8, 4) is 0 Å². The number of hydrogen-bond acceptors (Lipinski definition) is 2. The van der Waals surface area contributed by atoms with Crippen LogP contribution in [-0.2, 0) is 10.2 Å². The molecule has 3 rings (SSSR count). The van der Waals surface area contributed by atoms with Gasteiger partial charge in [-0.25, -0.2) is 4.39 Å². The summed E-state index contributed by atoms with van der Waals surface area (Å²) in [4.78, 5) is 28.6. The first-order valence-electron chi connectivity index (χ1n) is 12.1. The van der Waals surface area contributed by atoms with Crippen molar-refractivity contribution >= 4 is 17.5 Å². The van der Waals surface area contributed by atoms with Gasteiger partial charge in [0.25, 0.3) is 5.91 Å². The van der Waals surface area contributed by atoms with Gasteiger partial charge in [-0.05, 0) is 60.9 Å². The number of nitrogens with one attached hydrogen (secondary N) is 1. The molecule has 0 aromatic heterocycles. The molecule has 0 spiro atoms. The Bertz CT molecular complexity index is 975. The summed E-state index contributed by atoms with van der Waals surface area (Å²) < 4.78 is 14.6. The van der Waals surface area contributed by atoms with E-state index in [0.717, 1.165) is 43.4 Å². The molecule has 2 aromatic carbocycles. The maximum atomic E-state index is 14.6. The number of amides is 2. The number of unbranched alkanes of at least 4 members (excludes halogenated alkanes) is 1. The Balaban J connectivity index is 1.86. The van der Waals surface area contributed by atoms with Crippen LogP contribution < -0.4 is 5.32 Å². The lowest BCUT2D eigenvalue weighted by Crippen LogP contribution is -2.52. The van der Waals surface area contributed by atoms with E-state index in [1.807, 2.05) is 18.2 Å². The second kappa shape index (κ2) is 10.5. The molecule has 2 atom stereocenters. The Hall–Kier alpha value is -2.69. The summed E-state index contributed by atoms with van der Waals surface area (Å²) >= 11 is 0. The van der Waals surface area contributed by atoms with E-state index in [9.17, 15) is 14.0 Å². The van der Waals surface area contributed by atoms with Gasteiger partial charge in [0.15, 0.2) is 0 Å². The highest BCUT2D eigenvalue weighted by Crippen LogP contribution is 2.32. The maximum absolute atomic E-state index is 14.6. The number of likely N-dealkylation sites (tertiary alicyclic amines) is 1. The third kappa shape index (κ3) is 5.82. The molecule has 1 saturated heterocycles. The van der Waals surface area contributed by atoms with E-state index in [2.05, 4.69) is 39.1 Å². The van der Waals surface area contributed by atoms with Gasteiger partial charge in [-0.15, -0.1) is 0 Å². The smallest absolute Gasteiger partial charge is 0.257 e. The lowest BCUT2D eigenvalue weighted by atomic mass is 9.84. The molecule has 0 saturated carbocycles. The average Bonchev–Trinajstić information content (AvgIpc) is 2.76. The number of anilines is 1. The Morgan fingerprint density at radius 2 is 1.88 bits per heavy atom. The van der Waals surface area contributed by atoms with Crippen LogP contribution >= 0.6 is 0 Å². The molecule has 4 nitrogen and oxygen atoms in total. The first-order chi connectivity index (χ1) is 15.6. The molecule has 1 aliphatic heterocycles. The van der Waals surface area contributed by atoms with Crippen LogP contribution in [0.25, 0.3) is 0 Å². The number of nitrogens with zero attached hydrogens (tertiary/aromatic N) is 1. The van der Waals surface area contributed by atoms with Gasteiger partial charge in [0.05, 0.1) is 11.5 Å². The lowest BCUT2D eigenvalue weighted by Gasteiger charge is -2.41. The van der Waals surface area contributed by atoms with Crippen LogP contribution in [0.3, 0.4) is 0 Å². The van der Waals surface area contributed by atoms with Gasteiger partial charge >= 0.3 is 0 Å². The van der Waals surface area contributed by atoms with E-state index in [1.54, 1.807) is 24.0 Å². The SMILES string of the molecule is CCCC[C@H]1C(C(=O)Nc2cccc(C(C)(C)C)c2)CCCN1C(=O)c1c(C)cccc1F. The predicted octanol–water partition coefficient (Wildman–Crippen LogP) is 6.48. The van der Waals surface area contributed by atoms with Crippen molar-refractivity contribution in [3.05, 3.63) is 65.0 Å². The zero-order valence-corrected chi connectivity index (χ0v) is 20.6. The summed E-state index contributed by atoms with van der Waals surface area (Å²) in [5.74, 6) is -1.19. The van der Waals surface area contributed by atoms with Crippen molar-refractivity contribution in [1.82, 2.24) is 4.90 Å². The highest BCUT2D eigenvalue weighted by atomic mass is 19.1. The van der Waals surface area contributed by atoms with Crippen LogP contribution in [0.2, 0.25) is 0 Å². The molecule has 2 aromatic rings. The van der Waals surface area contributed by atoms with Crippen LogP contribution in [0.15, 0.2) is 42.5 Å². The van der Waals surface area contributed by atoms with Gasteiger partial charge < -0.3 is 10.2 Å². The summed E-state index contributed by atoms with van der Waals surface area (Å²) in [7, 11) is 0. The van der Waals surface area contributed by atoms with Crippen molar-refractivity contribution in [1.29, 1.82) is 0 Å². The Morgan fingerprint density at radius 3 is 2.55 bits per heavy atom. The summed E-state index contributed by atoms with van der Waals surface area (Å²) in [5.41, 5.74) is 2.65. The van der Waals surface area contributed by atoms with Crippen LogP contribution in [0, 0.1) is 18.7 Å². The van der Waals surface area contributed by atoms with Crippen molar-refractivity contribution < 1.29 is 14.0 Å². The zero-order valence-electron chi connectivity index (χ0n) is 20.6. The van der Waals surface area contributed by atoms with E-state index in [-0.39, 0.29) is 34.8 Å². The third-order valence-corrected chi connectivity index (χ3v) is 6.66. The number of aryl methyl sites for hydroxylation is 1. The number of halogens is 1. The van der Waals surface area contributed by atoms with Gasteiger partial charge in [-0.1, -0.05) is 64.8 Å². The number of rotatable bonds is 6. The molecule has 5 heteroatoms. The van der Waals surface area contributed by atoms with Crippen LogP contribution in [0.4, 0.5) is 10.1 Å². The van der Waals surface area contributed by atoms with E-state index in [0.29, 0.717) is 12.1 Å². The highest BCUT2D eigenvalue weighted by Gasteiger charge is 2.39. The normalized spacial score (nSPS) is 18.8. The summed E-state index contributed by atoms with van der Waals surface area (Å²) in [6.45, 7) is 10.8. The molecule has 1 aliphatic rings. The number of hydrogen-bond donors (Lipinski definition) is 1. The fourth-order valence-electron chi connectivity index (χ4n) is 4.73. The van der Waals surface area contributed by atoms with Gasteiger partial charge in [-0.2, -0.15) is 0 Å². The maximum Gasteiger partial charge on any atom is 0.257 e. The fraction of sp³-hybridized carbons (Fsp3) is 0.500. The Morgan fingerprint density at radius 1 is 1.15 bits per heavy atom. The highest BCUT2D eigenvalue weighted by molar-refractivity contribution is 5.98. The molecule has 1 heterocycles. The van der Waals surface area contributed by atoms with Gasteiger partial charge in [0, 0.05) is 18.3 Å². The molecule has 33 heavy (non-hydrogen) atoms. The van der Waals surface area contributed by atoms with Gasteiger partial charge in [0.1, 0.15) is 5.82 Å². The molecule has 1 unspecified atom stereocenters. The molecule has 2 amide bonds. The number of carbonyl (C=O) groups is 2. The third-order valence-electron chi connectivity index (χ3n) is 6.66.